The van der Waals surface area contributed by atoms with Crippen LogP contribution in [0.4, 0.5) is 0 Å². The number of nitrogens with one attached hydrogen (secondary N) is 1. The first kappa shape index (κ1) is 57.6. The number of esters is 1. The number of hydrogen-bond donors (Lipinski definition) is 1. The molecular weight excluding hydrogens is 757 g/mol. The molecule has 0 fully saturated rings. The number of carbonyl (C=O) groups is 1. The highest BCUT2D eigenvalue weighted by molar-refractivity contribution is 7.89. The van der Waals surface area contributed by atoms with E-state index in [1.54, 1.807) is 4.90 Å². The van der Waals surface area contributed by atoms with Crippen molar-refractivity contribution in [1.29, 1.82) is 0 Å². The normalized spacial score (nSPS) is 12.2. The maximum absolute atomic E-state index is 12.2. The predicted molar refractivity (Wildman–Crippen MR) is 255 cm³/mol. The summed E-state index contributed by atoms with van der Waals surface area (Å²) in [5, 5.41) is 0. The predicted octanol–water partition coefficient (Wildman–Crippen LogP) is 13.0. The minimum absolute atomic E-state index is 0.0337. The van der Waals surface area contributed by atoms with E-state index in [1.165, 1.54) is 167 Å². The molecule has 1 N–H and O–H groups in total. The Morgan fingerprint density at radius 1 is 0.542 bits per heavy atom. The molecule has 0 bridgehead atoms. The molecule has 0 aliphatic carbocycles. The van der Waals surface area contributed by atoms with E-state index in [0.29, 0.717) is 31.6 Å². The smallest absolute Gasteiger partial charge is 0.305 e. The number of sulfonamides is 1. The Balaban J connectivity index is 4.54. The van der Waals surface area contributed by atoms with E-state index in [0.717, 1.165) is 77.4 Å². The van der Waals surface area contributed by atoms with Gasteiger partial charge in [-0.1, -0.05) is 181 Å². The van der Waals surface area contributed by atoms with Crippen LogP contribution >= 0.6 is 0 Å². The number of carbonyl (C=O) groups excluding carboxylic acids is 1. The van der Waals surface area contributed by atoms with Crippen LogP contribution in [0, 0.1) is 0 Å². The minimum Gasteiger partial charge on any atom is -0.466 e. The summed E-state index contributed by atoms with van der Waals surface area (Å²) in [6.45, 7) is 12.0. The van der Waals surface area contributed by atoms with E-state index in [2.05, 4.69) is 35.4 Å². The molecule has 59 heavy (non-hydrogen) atoms. The fourth-order valence-electron chi connectivity index (χ4n) is 7.71. The van der Waals surface area contributed by atoms with Gasteiger partial charge in [-0.3, -0.25) is 14.5 Å². The maximum atomic E-state index is 12.2. The van der Waals surface area contributed by atoms with Gasteiger partial charge in [-0.25, -0.2) is 8.42 Å². The number of unbranched alkanes of at least 4 members (excludes halogenated alkanes) is 25. The van der Waals surface area contributed by atoms with Crippen LogP contribution in [0.3, 0.4) is 0 Å². The number of nitrogens with zero attached hydrogens (tertiary/aromatic N) is 3. The minimum atomic E-state index is -3.37. The van der Waals surface area contributed by atoms with E-state index < -0.39 is 10.0 Å². The molecule has 0 aromatic heterocycles. The molecule has 0 heterocycles. The average Bonchev–Trinajstić information content (AvgIpc) is 3.20. The van der Waals surface area contributed by atoms with Crippen LogP contribution in [-0.4, -0.2) is 96.0 Å². The zero-order chi connectivity index (χ0) is 43.5. The average molecular weight is 857 g/mol. The van der Waals surface area contributed by atoms with Gasteiger partial charge in [-0.05, 0) is 71.0 Å². The van der Waals surface area contributed by atoms with Crippen LogP contribution in [0.2, 0.25) is 0 Å². The summed E-state index contributed by atoms with van der Waals surface area (Å²) in [5.74, 6) is 0.353. The topological polar surface area (TPSA) is 101 Å². The second kappa shape index (κ2) is 43.3. The van der Waals surface area contributed by atoms with Gasteiger partial charge in [0.2, 0.25) is 16.0 Å². The second-order valence-corrected chi connectivity index (χ2v) is 19.5. The summed E-state index contributed by atoms with van der Waals surface area (Å²) in [6, 6.07) is 0. The lowest BCUT2D eigenvalue weighted by Crippen LogP contribution is -2.39. The standard InChI is InChI=1S/C49H100N4O5S/c1-7-10-13-16-20-29-36-46-58-48(54)40-32-25-22-27-34-43-53(44-37-41-50-49(52(4)5)51-59(6,55)56)42-33-26-19-21-28-35-45-57-47(38-30-23-17-14-11-8-2)39-31-24-18-15-12-9-3/h47H,7-46H2,1-6H3,(H,50,51). The number of rotatable bonds is 45. The highest BCUT2D eigenvalue weighted by Gasteiger charge is 2.11. The molecule has 0 rings (SSSR count). The van der Waals surface area contributed by atoms with Crippen LogP contribution in [0.25, 0.3) is 0 Å². The Labute approximate surface area is 367 Å². The highest BCUT2D eigenvalue weighted by atomic mass is 32.2. The van der Waals surface area contributed by atoms with Crippen molar-refractivity contribution in [1.82, 2.24) is 14.5 Å². The van der Waals surface area contributed by atoms with Crippen LogP contribution in [0.5, 0.6) is 0 Å². The number of guanidine groups is 1. The molecule has 9 nitrogen and oxygen atoms in total. The van der Waals surface area contributed by atoms with Crippen LogP contribution in [0.1, 0.15) is 239 Å². The largest absolute Gasteiger partial charge is 0.466 e. The van der Waals surface area contributed by atoms with Crippen molar-refractivity contribution >= 4 is 22.0 Å². The van der Waals surface area contributed by atoms with E-state index in [4.69, 9.17) is 9.47 Å². The molecule has 0 aliphatic heterocycles. The van der Waals surface area contributed by atoms with Crippen molar-refractivity contribution in [2.45, 2.75) is 245 Å². The molecule has 0 amide bonds. The van der Waals surface area contributed by atoms with Crippen molar-refractivity contribution in [3.05, 3.63) is 0 Å². The highest BCUT2D eigenvalue weighted by Crippen LogP contribution is 2.18. The van der Waals surface area contributed by atoms with Crippen molar-refractivity contribution in [2.75, 3.05) is 59.7 Å². The summed E-state index contributed by atoms with van der Waals surface area (Å²) in [7, 11) is 0.247. The fourth-order valence-corrected chi connectivity index (χ4v) is 8.29. The molecule has 0 atom stereocenters. The first-order valence-corrected chi connectivity index (χ1v) is 27.2. The van der Waals surface area contributed by atoms with E-state index >= 15 is 0 Å². The molecule has 0 aromatic carbocycles. The Bertz CT molecular complexity index is 1030. The third kappa shape index (κ3) is 43.1. The van der Waals surface area contributed by atoms with Gasteiger partial charge in [0.25, 0.3) is 0 Å². The van der Waals surface area contributed by atoms with Gasteiger partial charge in [0, 0.05) is 33.7 Å². The number of ether oxygens (including phenoxy) is 2. The summed E-state index contributed by atoms with van der Waals surface area (Å²) in [6.07, 6.45) is 43.4. The maximum Gasteiger partial charge on any atom is 0.305 e. The third-order valence-electron chi connectivity index (χ3n) is 11.4. The summed E-state index contributed by atoms with van der Waals surface area (Å²) in [4.78, 5) is 21.0. The zero-order valence-electron chi connectivity index (χ0n) is 40.2. The van der Waals surface area contributed by atoms with Crippen molar-refractivity contribution < 1.29 is 22.7 Å². The van der Waals surface area contributed by atoms with Gasteiger partial charge in [-0.2, -0.15) is 0 Å². The van der Waals surface area contributed by atoms with Gasteiger partial charge < -0.3 is 19.3 Å². The van der Waals surface area contributed by atoms with Crippen molar-refractivity contribution in [3.8, 4) is 0 Å². The van der Waals surface area contributed by atoms with Gasteiger partial charge >= 0.3 is 5.97 Å². The quantitative estimate of drug-likeness (QED) is 0.0282. The Hall–Kier alpha value is -1.39. The monoisotopic (exact) mass is 857 g/mol. The van der Waals surface area contributed by atoms with Gasteiger partial charge in [-0.15, -0.1) is 0 Å². The summed E-state index contributed by atoms with van der Waals surface area (Å²) >= 11 is 0. The Kier molecular flexibility index (Phi) is 42.2. The molecule has 0 saturated heterocycles. The van der Waals surface area contributed by atoms with Crippen LogP contribution in [0.15, 0.2) is 4.99 Å². The summed E-state index contributed by atoms with van der Waals surface area (Å²) < 4.78 is 38.1. The van der Waals surface area contributed by atoms with E-state index in [9.17, 15) is 13.2 Å². The molecule has 0 aliphatic rings. The lowest BCUT2D eigenvalue weighted by Gasteiger charge is -2.22. The Morgan fingerprint density at radius 3 is 1.42 bits per heavy atom. The Morgan fingerprint density at radius 2 is 0.949 bits per heavy atom. The van der Waals surface area contributed by atoms with E-state index in [-0.39, 0.29) is 5.97 Å². The molecule has 0 spiro atoms. The van der Waals surface area contributed by atoms with Crippen LogP contribution < -0.4 is 4.72 Å². The summed E-state index contributed by atoms with van der Waals surface area (Å²) in [5.41, 5.74) is 0. The van der Waals surface area contributed by atoms with Gasteiger partial charge in [0.05, 0.1) is 19.0 Å². The fraction of sp³-hybridized carbons (Fsp3) is 0.959. The first-order valence-electron chi connectivity index (χ1n) is 25.3. The molecule has 10 heteroatoms. The SMILES string of the molecule is CCCCCCCCCOC(=O)CCCCCCCN(CCCCCCCCOC(CCCCCCCC)CCCCCCCC)CCCN=C(NS(C)(=O)=O)N(C)C. The number of aliphatic imine (C=N–C) groups is 1. The molecule has 0 saturated carbocycles. The number of hydrogen-bond acceptors (Lipinski definition) is 7. The third-order valence-corrected chi connectivity index (χ3v) is 12.0. The van der Waals surface area contributed by atoms with Crippen LogP contribution in [-0.2, 0) is 24.3 Å². The molecule has 0 aromatic rings. The van der Waals surface area contributed by atoms with Crippen molar-refractivity contribution in [2.24, 2.45) is 4.99 Å². The second-order valence-electron chi connectivity index (χ2n) is 17.8. The zero-order valence-corrected chi connectivity index (χ0v) is 41.0. The lowest BCUT2D eigenvalue weighted by atomic mass is 10.0. The van der Waals surface area contributed by atoms with E-state index in [1.807, 2.05) is 14.1 Å². The molecule has 0 unspecified atom stereocenters. The van der Waals surface area contributed by atoms with Gasteiger partial charge in [0.1, 0.15) is 0 Å². The van der Waals surface area contributed by atoms with Crippen molar-refractivity contribution in [3.63, 3.8) is 0 Å². The lowest BCUT2D eigenvalue weighted by molar-refractivity contribution is -0.143. The van der Waals surface area contributed by atoms with Gasteiger partial charge in [0.15, 0.2) is 0 Å². The first-order chi connectivity index (χ1) is 28.6. The molecule has 352 valence electrons. The molecular formula is C49H100N4O5S. The molecule has 0 radical (unpaired) electrons.